The van der Waals surface area contributed by atoms with Crippen molar-refractivity contribution in [2.45, 2.75) is 80.4 Å². The number of carbonyl (C=O) groups excluding carboxylic acids is 2. The zero-order chi connectivity index (χ0) is 45.8. The summed E-state index contributed by atoms with van der Waals surface area (Å²) in [7, 11) is 0. The number of aromatic nitrogens is 1. The molecule has 0 aliphatic heterocycles. The van der Waals surface area contributed by atoms with E-state index in [-0.39, 0.29) is 22.5 Å². The van der Waals surface area contributed by atoms with E-state index in [1.807, 2.05) is 58.0 Å². The number of amidine groups is 1. The number of rotatable bonds is 6. The van der Waals surface area contributed by atoms with Crippen LogP contribution in [0.3, 0.4) is 0 Å². The van der Waals surface area contributed by atoms with Crippen molar-refractivity contribution in [2.75, 3.05) is 0 Å². The summed E-state index contributed by atoms with van der Waals surface area (Å²) < 4.78 is 55.1. The molecule has 0 bridgehead atoms. The van der Waals surface area contributed by atoms with Gasteiger partial charge in [0.1, 0.15) is 39.7 Å². The molecule has 4 aromatic carbocycles. The quantitative estimate of drug-likeness (QED) is 0.0470. The van der Waals surface area contributed by atoms with E-state index in [9.17, 15) is 23.2 Å². The number of oxime groups is 1. The van der Waals surface area contributed by atoms with Gasteiger partial charge in [-0.05, 0) is 134 Å². The van der Waals surface area contributed by atoms with Gasteiger partial charge in [-0.25, -0.2) is 23.2 Å². The Labute approximate surface area is 355 Å². The number of aryl methyl sites for hydroxylation is 4. The molecular formula is C47H47F2N3O10. The van der Waals surface area contributed by atoms with Crippen LogP contribution in [0.25, 0.3) is 44.7 Å². The molecule has 62 heavy (non-hydrogen) atoms. The maximum Gasteiger partial charge on any atom is 0.341 e. The standard InChI is InChI=1S/C24H22FNO4.C12H13FO4.C11H12N2O2/c1-13-6-7-14(2)22-17(13)11-21(28-22)19-12-20(30-26-19)15-8-9-16(18(25)10-15)23(27)29-24(3,4)5;1-12(2,3)17-11(16)8-5-4-7(10(14)15)6-9(8)13;1-6-3-4-7(2)10-8(6)5-9(15-10)11(12)13-14/h6-12H,1-5H3;4-6H,1-3H3,(H,14,15);3-5,14H,1-2H3,(H2,12,13). The number of nitrogens with zero attached hydrogens (tertiary/aromatic N) is 2. The molecule has 0 unspecified atom stereocenters. The van der Waals surface area contributed by atoms with Crippen LogP contribution < -0.4 is 5.73 Å². The van der Waals surface area contributed by atoms with Crippen molar-refractivity contribution < 1.29 is 56.3 Å². The molecule has 0 aliphatic rings. The average molecular weight is 852 g/mol. The molecule has 0 atom stereocenters. The van der Waals surface area contributed by atoms with Gasteiger partial charge in [-0.3, -0.25) is 0 Å². The first-order valence-corrected chi connectivity index (χ1v) is 19.2. The molecule has 0 spiro atoms. The first kappa shape index (κ1) is 45.8. The number of carboxylic acid groups (broad SMARTS) is 1. The molecule has 0 fully saturated rings. The number of hydrogen-bond donors (Lipinski definition) is 3. The van der Waals surface area contributed by atoms with Gasteiger partial charge in [0.25, 0.3) is 0 Å². The van der Waals surface area contributed by atoms with Crippen molar-refractivity contribution in [3.05, 3.63) is 135 Å². The van der Waals surface area contributed by atoms with Crippen LogP contribution in [-0.4, -0.2) is 50.4 Å². The Balaban J connectivity index is 0.000000192. The number of halogens is 2. The van der Waals surface area contributed by atoms with Crippen LogP contribution in [0.15, 0.2) is 97.4 Å². The van der Waals surface area contributed by atoms with Gasteiger partial charge in [-0.15, -0.1) is 0 Å². The fourth-order valence-electron chi connectivity index (χ4n) is 5.93. The minimum atomic E-state index is -1.25. The smallest absolute Gasteiger partial charge is 0.341 e. The minimum Gasteiger partial charge on any atom is -0.478 e. The maximum atomic E-state index is 14.5. The maximum absolute atomic E-state index is 14.5. The number of benzene rings is 4. The molecular weight excluding hydrogens is 805 g/mol. The summed E-state index contributed by atoms with van der Waals surface area (Å²) in [5, 5.41) is 26.2. The number of hydrogen-bond acceptors (Lipinski definition) is 11. The van der Waals surface area contributed by atoms with Gasteiger partial charge in [0, 0.05) is 22.4 Å². The molecule has 3 aromatic heterocycles. The summed E-state index contributed by atoms with van der Waals surface area (Å²) in [5.74, 6) is -3.04. The number of ether oxygens (including phenoxy) is 2. The van der Waals surface area contributed by atoms with Crippen LogP contribution in [-0.2, 0) is 9.47 Å². The lowest BCUT2D eigenvalue weighted by Gasteiger charge is -2.19. The van der Waals surface area contributed by atoms with E-state index >= 15 is 0 Å². The highest BCUT2D eigenvalue weighted by Gasteiger charge is 2.23. The number of furan rings is 2. The molecule has 0 radical (unpaired) electrons. The number of esters is 2. The van der Waals surface area contributed by atoms with E-state index in [0.29, 0.717) is 28.5 Å². The fourth-order valence-corrected chi connectivity index (χ4v) is 5.93. The summed E-state index contributed by atoms with van der Waals surface area (Å²) >= 11 is 0. The van der Waals surface area contributed by atoms with E-state index in [2.05, 4.69) is 10.3 Å². The second kappa shape index (κ2) is 18.1. The van der Waals surface area contributed by atoms with Gasteiger partial charge in [0.15, 0.2) is 17.3 Å². The van der Waals surface area contributed by atoms with Crippen LogP contribution >= 0.6 is 0 Å². The van der Waals surface area contributed by atoms with Crippen molar-refractivity contribution in [1.82, 2.24) is 5.16 Å². The highest BCUT2D eigenvalue weighted by Crippen LogP contribution is 2.34. The van der Waals surface area contributed by atoms with E-state index < -0.39 is 40.7 Å². The predicted octanol–water partition coefficient (Wildman–Crippen LogP) is 11.1. The Bertz CT molecular complexity index is 2760. The molecule has 0 amide bonds. The topological polar surface area (TPSA) is 201 Å². The summed E-state index contributed by atoms with van der Waals surface area (Å²) in [6.45, 7) is 18.1. The Morgan fingerprint density at radius 3 is 1.63 bits per heavy atom. The highest BCUT2D eigenvalue weighted by atomic mass is 19.1. The number of carboxylic acids is 1. The van der Waals surface area contributed by atoms with E-state index in [1.165, 1.54) is 12.1 Å². The number of carbonyl (C=O) groups is 3. The Kier molecular flexibility index (Phi) is 13.4. The molecule has 0 saturated carbocycles. The van der Waals surface area contributed by atoms with Crippen molar-refractivity contribution in [1.29, 1.82) is 0 Å². The van der Waals surface area contributed by atoms with Gasteiger partial charge in [0.2, 0.25) is 5.84 Å². The van der Waals surface area contributed by atoms with Crippen LogP contribution in [0, 0.1) is 39.3 Å². The number of aromatic carboxylic acids is 1. The normalized spacial score (nSPS) is 11.7. The molecule has 3 heterocycles. The third-order valence-corrected chi connectivity index (χ3v) is 9.03. The molecule has 7 rings (SSSR count). The van der Waals surface area contributed by atoms with Crippen LogP contribution in [0.2, 0.25) is 0 Å². The molecule has 13 nitrogen and oxygen atoms in total. The lowest BCUT2D eigenvalue weighted by Crippen LogP contribution is -2.24. The summed E-state index contributed by atoms with van der Waals surface area (Å²) in [5.41, 5.74) is 10.3. The monoisotopic (exact) mass is 851 g/mol. The Morgan fingerprint density at radius 1 is 0.661 bits per heavy atom. The van der Waals surface area contributed by atoms with Gasteiger partial charge in [0.05, 0.1) is 16.7 Å². The van der Waals surface area contributed by atoms with Gasteiger partial charge in [-0.1, -0.05) is 40.6 Å². The van der Waals surface area contributed by atoms with Crippen LogP contribution in [0.5, 0.6) is 0 Å². The molecule has 15 heteroatoms. The first-order valence-electron chi connectivity index (χ1n) is 19.2. The van der Waals surface area contributed by atoms with E-state index in [0.717, 1.165) is 62.4 Å². The summed E-state index contributed by atoms with van der Waals surface area (Å²) in [4.78, 5) is 34.3. The SMILES string of the molecule is CC(C)(C)OC(=O)c1ccc(C(=O)O)cc1F.Cc1ccc(C)c2oc(-c3cc(-c4ccc(C(=O)OC(C)(C)C)c(F)c4)on3)cc12.Cc1ccc(C)c2oc(/C(N)=N\O)cc12. The zero-order valence-electron chi connectivity index (χ0n) is 35.9. The zero-order valence-corrected chi connectivity index (χ0v) is 35.9. The molecule has 4 N–H and O–H groups in total. The van der Waals surface area contributed by atoms with Crippen molar-refractivity contribution in [2.24, 2.45) is 10.9 Å². The van der Waals surface area contributed by atoms with Gasteiger partial charge < -0.3 is 38.9 Å². The predicted molar refractivity (Wildman–Crippen MR) is 228 cm³/mol. The van der Waals surface area contributed by atoms with E-state index in [1.54, 1.807) is 59.7 Å². The molecule has 0 saturated heterocycles. The summed E-state index contributed by atoms with van der Waals surface area (Å²) in [6, 6.07) is 20.7. The lowest BCUT2D eigenvalue weighted by molar-refractivity contribution is 0.00518. The second-order valence-electron chi connectivity index (χ2n) is 16.4. The second-order valence-corrected chi connectivity index (χ2v) is 16.4. The van der Waals surface area contributed by atoms with Crippen molar-refractivity contribution in [3.63, 3.8) is 0 Å². The first-order chi connectivity index (χ1) is 29.0. The molecule has 324 valence electrons. The molecule has 7 aromatic rings. The minimum absolute atomic E-state index is 0.00926. The van der Waals surface area contributed by atoms with Crippen LogP contribution in [0.4, 0.5) is 8.78 Å². The largest absolute Gasteiger partial charge is 0.478 e. The lowest BCUT2D eigenvalue weighted by atomic mass is 10.1. The average Bonchev–Trinajstić information content (AvgIpc) is 3.97. The van der Waals surface area contributed by atoms with Crippen molar-refractivity contribution in [3.8, 4) is 22.8 Å². The third-order valence-electron chi connectivity index (χ3n) is 9.03. The van der Waals surface area contributed by atoms with Crippen molar-refractivity contribution >= 4 is 45.7 Å². The van der Waals surface area contributed by atoms with Gasteiger partial charge in [-0.2, -0.15) is 0 Å². The fraction of sp³-hybridized carbons (Fsp3) is 0.255. The third kappa shape index (κ3) is 10.9. The number of fused-ring (bicyclic) bond motifs is 2. The Morgan fingerprint density at radius 2 is 1.16 bits per heavy atom. The van der Waals surface area contributed by atoms with Gasteiger partial charge >= 0.3 is 17.9 Å². The van der Waals surface area contributed by atoms with Crippen LogP contribution in [0.1, 0.15) is 101 Å². The molecule has 0 aliphatic carbocycles. The number of nitrogens with two attached hydrogens (primary N) is 1. The van der Waals surface area contributed by atoms with E-state index in [4.69, 9.17) is 38.9 Å². The highest BCUT2D eigenvalue weighted by molar-refractivity contribution is 5.99. The summed E-state index contributed by atoms with van der Waals surface area (Å²) in [6.07, 6.45) is 0. The Hall–Kier alpha value is -7.29.